The van der Waals surface area contributed by atoms with Gasteiger partial charge in [-0.2, -0.15) is 0 Å². The Morgan fingerprint density at radius 3 is 2.03 bits per heavy atom. The van der Waals surface area contributed by atoms with Crippen molar-refractivity contribution < 1.29 is 5.11 Å². The van der Waals surface area contributed by atoms with Crippen LogP contribution in [0.15, 0.2) is 52.0 Å². The zero-order valence-corrected chi connectivity index (χ0v) is 22.1. The first-order valence-corrected chi connectivity index (χ1v) is 13.6. The number of allylic oxidation sites excluding steroid dienone is 5. The van der Waals surface area contributed by atoms with Crippen LogP contribution in [0.25, 0.3) is 0 Å². The van der Waals surface area contributed by atoms with E-state index in [4.69, 9.17) is 0 Å². The highest BCUT2D eigenvalue weighted by Gasteiger charge is 2.35. The monoisotopic (exact) mass is 458 g/mol. The van der Waals surface area contributed by atoms with Crippen LogP contribution >= 0.6 is 23.5 Å². The smallest absolute Gasteiger partial charge is 0.121 e. The Morgan fingerprint density at radius 1 is 0.903 bits per heavy atom. The van der Waals surface area contributed by atoms with Crippen molar-refractivity contribution in [3.05, 3.63) is 58.2 Å². The Morgan fingerprint density at radius 2 is 1.45 bits per heavy atom. The molecule has 0 saturated heterocycles. The average Bonchev–Trinajstić information content (AvgIpc) is 3.14. The third-order valence-corrected chi connectivity index (χ3v) is 9.16. The quantitative estimate of drug-likeness (QED) is 0.263. The van der Waals surface area contributed by atoms with Gasteiger partial charge < -0.3 is 5.11 Å². The maximum Gasteiger partial charge on any atom is 0.121 e. The Labute approximate surface area is 199 Å². The minimum absolute atomic E-state index is 0.286. The van der Waals surface area contributed by atoms with Gasteiger partial charge in [-0.05, 0) is 103 Å². The van der Waals surface area contributed by atoms with Crippen LogP contribution in [0.4, 0.5) is 0 Å². The molecule has 0 atom stereocenters. The van der Waals surface area contributed by atoms with Gasteiger partial charge in [0.15, 0.2) is 0 Å². The molecule has 0 radical (unpaired) electrons. The van der Waals surface area contributed by atoms with E-state index in [1.807, 2.05) is 25.6 Å². The van der Waals surface area contributed by atoms with E-state index in [1.54, 1.807) is 0 Å². The molecule has 1 aromatic carbocycles. The Kier molecular flexibility index (Phi) is 10.9. The van der Waals surface area contributed by atoms with Crippen LogP contribution < -0.4 is 0 Å². The first kappa shape index (κ1) is 26.2. The summed E-state index contributed by atoms with van der Waals surface area (Å²) in [6, 6.07) is 4.31. The predicted molar refractivity (Wildman–Crippen MR) is 143 cm³/mol. The van der Waals surface area contributed by atoms with Crippen molar-refractivity contribution in [1.29, 1.82) is 0 Å². The number of rotatable bonds is 11. The van der Waals surface area contributed by atoms with Crippen molar-refractivity contribution in [2.45, 2.75) is 102 Å². The molecule has 1 aliphatic rings. The molecule has 1 saturated carbocycles. The van der Waals surface area contributed by atoms with E-state index in [2.05, 4.69) is 69.8 Å². The molecule has 0 spiro atoms. The summed E-state index contributed by atoms with van der Waals surface area (Å²) >= 11 is 4.15. The van der Waals surface area contributed by atoms with E-state index >= 15 is 0 Å². The second-order valence-corrected chi connectivity index (χ2v) is 12.5. The molecule has 0 amide bonds. The van der Waals surface area contributed by atoms with Gasteiger partial charge in [-0.25, -0.2) is 0 Å². The van der Waals surface area contributed by atoms with Crippen LogP contribution in [0, 0.1) is 13.8 Å². The number of phenols is 1. The standard InChI is InChI=1S/C28H42OS2/c1-21(2)11-9-12-22(3)13-10-14-23(4)15-18-30-28(16-7-8-17-28)31-26-19-24(5)27(29)25(6)20-26/h11,13,15,19-20,29H,7-10,12,14,16-18H2,1-6H3. The van der Waals surface area contributed by atoms with E-state index in [1.165, 1.54) is 53.7 Å². The second-order valence-electron chi connectivity index (χ2n) is 9.40. The molecule has 0 bridgehead atoms. The van der Waals surface area contributed by atoms with Gasteiger partial charge in [0.2, 0.25) is 0 Å². The summed E-state index contributed by atoms with van der Waals surface area (Å²) in [6.07, 6.45) is 17.1. The lowest BCUT2D eigenvalue weighted by Crippen LogP contribution is -2.15. The lowest BCUT2D eigenvalue weighted by atomic mass is 10.1. The molecular weight excluding hydrogens is 416 g/mol. The zero-order chi connectivity index (χ0) is 22.9. The topological polar surface area (TPSA) is 20.2 Å². The minimum Gasteiger partial charge on any atom is -0.507 e. The van der Waals surface area contributed by atoms with Crippen LogP contribution in [0.1, 0.15) is 90.2 Å². The van der Waals surface area contributed by atoms with Crippen LogP contribution in [-0.2, 0) is 0 Å². The molecule has 1 N–H and O–H groups in total. The maximum absolute atomic E-state index is 10.1. The molecule has 2 rings (SSSR count). The minimum atomic E-state index is 0.286. The van der Waals surface area contributed by atoms with Gasteiger partial charge in [-0.3, -0.25) is 0 Å². The van der Waals surface area contributed by atoms with Crippen molar-refractivity contribution in [3.63, 3.8) is 0 Å². The first-order chi connectivity index (χ1) is 14.7. The van der Waals surface area contributed by atoms with Gasteiger partial charge in [0.25, 0.3) is 0 Å². The highest BCUT2D eigenvalue weighted by molar-refractivity contribution is 8.18. The molecule has 172 valence electrons. The summed E-state index contributed by atoms with van der Waals surface area (Å²) in [4.78, 5) is 1.30. The molecule has 1 nitrogen and oxygen atoms in total. The van der Waals surface area contributed by atoms with Gasteiger partial charge in [-0.1, -0.05) is 47.8 Å². The molecule has 0 aliphatic heterocycles. The van der Waals surface area contributed by atoms with Crippen LogP contribution in [-0.4, -0.2) is 14.9 Å². The number of phenolic OH excluding ortho intramolecular Hbond substituents is 1. The lowest BCUT2D eigenvalue weighted by molar-refractivity contribution is 0.466. The molecule has 0 unspecified atom stereocenters. The molecule has 0 aromatic heterocycles. The summed E-state index contributed by atoms with van der Waals surface area (Å²) in [6.45, 7) is 12.9. The molecule has 1 aromatic rings. The summed E-state index contributed by atoms with van der Waals surface area (Å²) in [5, 5.41) is 10.1. The molecular formula is C28H42OS2. The molecule has 31 heavy (non-hydrogen) atoms. The van der Waals surface area contributed by atoms with E-state index in [0.29, 0.717) is 5.75 Å². The second kappa shape index (κ2) is 12.8. The van der Waals surface area contributed by atoms with E-state index in [-0.39, 0.29) is 4.08 Å². The van der Waals surface area contributed by atoms with Crippen molar-refractivity contribution in [3.8, 4) is 5.75 Å². The third-order valence-electron chi connectivity index (χ3n) is 6.03. The fraction of sp³-hybridized carbons (Fsp3) is 0.571. The highest BCUT2D eigenvalue weighted by Crippen LogP contribution is 2.53. The summed E-state index contributed by atoms with van der Waals surface area (Å²) < 4.78 is 0.286. The number of aromatic hydroxyl groups is 1. The molecule has 1 fully saturated rings. The van der Waals surface area contributed by atoms with Gasteiger partial charge in [-0.15, -0.1) is 23.5 Å². The third kappa shape index (κ3) is 9.14. The Balaban J connectivity index is 1.86. The summed E-state index contributed by atoms with van der Waals surface area (Å²) in [5.41, 5.74) is 6.41. The fourth-order valence-corrected chi connectivity index (χ4v) is 7.43. The predicted octanol–water partition coefficient (Wildman–Crippen LogP) is 9.52. The number of hydrogen-bond acceptors (Lipinski definition) is 3. The number of aryl methyl sites for hydroxylation is 2. The molecule has 0 heterocycles. The van der Waals surface area contributed by atoms with Gasteiger partial charge in [0.05, 0.1) is 4.08 Å². The Bertz CT molecular complexity index is 783. The fourth-order valence-electron chi connectivity index (χ4n) is 4.05. The van der Waals surface area contributed by atoms with Crippen LogP contribution in [0.3, 0.4) is 0 Å². The van der Waals surface area contributed by atoms with E-state index in [9.17, 15) is 5.11 Å². The van der Waals surface area contributed by atoms with Gasteiger partial charge >= 0.3 is 0 Å². The average molecular weight is 459 g/mol. The van der Waals surface area contributed by atoms with Crippen molar-refractivity contribution in [2.75, 3.05) is 5.75 Å². The van der Waals surface area contributed by atoms with Gasteiger partial charge in [0, 0.05) is 10.6 Å². The van der Waals surface area contributed by atoms with Crippen molar-refractivity contribution in [1.82, 2.24) is 0 Å². The largest absolute Gasteiger partial charge is 0.507 e. The summed E-state index contributed by atoms with van der Waals surface area (Å²) in [7, 11) is 0. The Hall–Kier alpha value is -1.06. The van der Waals surface area contributed by atoms with Crippen LogP contribution in [0.5, 0.6) is 5.75 Å². The molecule has 1 aliphatic carbocycles. The first-order valence-electron chi connectivity index (χ1n) is 11.8. The number of benzene rings is 1. The normalized spacial score (nSPS) is 16.6. The maximum atomic E-state index is 10.1. The summed E-state index contributed by atoms with van der Waals surface area (Å²) in [5.74, 6) is 1.54. The van der Waals surface area contributed by atoms with E-state index in [0.717, 1.165) is 36.1 Å². The molecule has 3 heteroatoms. The number of thioether (sulfide) groups is 2. The zero-order valence-electron chi connectivity index (χ0n) is 20.5. The number of hydrogen-bond donors (Lipinski definition) is 1. The lowest BCUT2D eigenvalue weighted by Gasteiger charge is -2.28. The van der Waals surface area contributed by atoms with Crippen LogP contribution in [0.2, 0.25) is 0 Å². The van der Waals surface area contributed by atoms with Gasteiger partial charge in [0.1, 0.15) is 5.75 Å². The van der Waals surface area contributed by atoms with Crippen molar-refractivity contribution in [2.24, 2.45) is 0 Å². The highest BCUT2D eigenvalue weighted by atomic mass is 32.2. The van der Waals surface area contributed by atoms with Crippen molar-refractivity contribution >= 4 is 23.5 Å². The van der Waals surface area contributed by atoms with E-state index < -0.39 is 0 Å². The SMILES string of the molecule is CC(C)=CCCC(C)=CCCC(C)=CCSC1(Sc2cc(C)c(O)c(C)c2)CCCC1.